The number of amides is 2. The first kappa shape index (κ1) is 17.3. The highest BCUT2D eigenvalue weighted by Gasteiger charge is 2.30. The van der Waals surface area contributed by atoms with Crippen LogP contribution >= 0.6 is 0 Å². The van der Waals surface area contributed by atoms with Crippen molar-refractivity contribution < 1.29 is 9.59 Å². The molecule has 138 valence electrons. The van der Waals surface area contributed by atoms with Crippen molar-refractivity contribution in [3.63, 3.8) is 0 Å². The molecule has 4 rings (SSSR count). The Labute approximate surface area is 157 Å². The molecule has 6 heteroatoms. The highest BCUT2D eigenvalue weighted by atomic mass is 16.2. The molecule has 1 aromatic heterocycles. The van der Waals surface area contributed by atoms with Crippen LogP contribution in [0.3, 0.4) is 0 Å². The van der Waals surface area contributed by atoms with E-state index in [-0.39, 0.29) is 17.9 Å². The van der Waals surface area contributed by atoms with Crippen LogP contribution in [0.4, 0.5) is 0 Å². The number of aromatic nitrogens is 2. The number of carbonyl (C=O) groups is 2. The lowest BCUT2D eigenvalue weighted by atomic mass is 10.0. The molecule has 3 aromatic rings. The predicted octanol–water partition coefficient (Wildman–Crippen LogP) is 2.34. The van der Waals surface area contributed by atoms with Gasteiger partial charge in [-0.05, 0) is 22.4 Å². The molecule has 0 bridgehead atoms. The summed E-state index contributed by atoms with van der Waals surface area (Å²) in [5, 5.41) is 9.41. The number of fused-ring (bicyclic) bond motifs is 1. The van der Waals surface area contributed by atoms with Crippen molar-refractivity contribution in [1.82, 2.24) is 20.0 Å². The lowest BCUT2D eigenvalue weighted by molar-refractivity contribution is -0.128. The molecule has 2 heterocycles. The third-order valence-corrected chi connectivity index (χ3v) is 4.95. The van der Waals surface area contributed by atoms with E-state index in [2.05, 4.69) is 34.7 Å². The zero-order valence-corrected chi connectivity index (χ0v) is 15.0. The summed E-state index contributed by atoms with van der Waals surface area (Å²) in [6.07, 6.45) is 4.24. The summed E-state index contributed by atoms with van der Waals surface area (Å²) in [6.45, 7) is 1.66. The van der Waals surface area contributed by atoms with Crippen molar-refractivity contribution in [2.75, 3.05) is 6.54 Å². The molecule has 1 atom stereocenters. The molecule has 6 nitrogen and oxygen atoms in total. The maximum atomic E-state index is 12.4. The van der Waals surface area contributed by atoms with Crippen molar-refractivity contribution in [3.05, 3.63) is 66.5 Å². The number of nitrogens with zero attached hydrogens (tertiary/aromatic N) is 3. The largest absolute Gasteiger partial charge is 0.351 e. The Balaban J connectivity index is 1.35. The van der Waals surface area contributed by atoms with Gasteiger partial charge in [-0.2, -0.15) is 5.10 Å². The second-order valence-electron chi connectivity index (χ2n) is 6.90. The van der Waals surface area contributed by atoms with E-state index in [0.717, 1.165) is 5.56 Å². The topological polar surface area (TPSA) is 67.2 Å². The Hall–Kier alpha value is -3.15. The van der Waals surface area contributed by atoms with Gasteiger partial charge in [-0.3, -0.25) is 14.3 Å². The highest BCUT2D eigenvalue weighted by Crippen LogP contribution is 2.22. The summed E-state index contributed by atoms with van der Waals surface area (Å²) >= 11 is 0. The molecule has 1 aliphatic heterocycles. The minimum atomic E-state index is -0.127. The molecule has 27 heavy (non-hydrogen) atoms. The number of hydrogen-bond acceptors (Lipinski definition) is 3. The van der Waals surface area contributed by atoms with Crippen LogP contribution in [-0.2, 0) is 22.7 Å². The van der Waals surface area contributed by atoms with Crippen LogP contribution in [0.5, 0.6) is 0 Å². The van der Waals surface area contributed by atoms with Crippen LogP contribution in [0.2, 0.25) is 0 Å². The Kier molecular flexibility index (Phi) is 4.87. The zero-order valence-electron chi connectivity index (χ0n) is 15.0. The van der Waals surface area contributed by atoms with Crippen LogP contribution in [0.25, 0.3) is 10.8 Å². The van der Waals surface area contributed by atoms with E-state index >= 15 is 0 Å². The first-order valence-electron chi connectivity index (χ1n) is 9.20. The lowest BCUT2D eigenvalue weighted by Gasteiger charge is -2.18. The van der Waals surface area contributed by atoms with Gasteiger partial charge in [-0.25, -0.2) is 0 Å². The SMILES string of the molecule is O=C(CCn1cccn1)NC1CC(=O)N(Cc2cccc3ccccc23)C1. The van der Waals surface area contributed by atoms with Crippen LogP contribution in [0.15, 0.2) is 60.9 Å². The fraction of sp³-hybridized carbons (Fsp3) is 0.286. The number of nitrogens with one attached hydrogen (secondary N) is 1. The van der Waals surface area contributed by atoms with Gasteiger partial charge in [0, 0.05) is 44.9 Å². The van der Waals surface area contributed by atoms with E-state index in [0.29, 0.717) is 32.5 Å². The summed E-state index contributed by atoms with van der Waals surface area (Å²) in [5.41, 5.74) is 1.13. The predicted molar refractivity (Wildman–Crippen MR) is 103 cm³/mol. The molecule has 1 fully saturated rings. The van der Waals surface area contributed by atoms with Gasteiger partial charge in [-0.15, -0.1) is 0 Å². The third-order valence-electron chi connectivity index (χ3n) is 4.95. The van der Waals surface area contributed by atoms with Crippen molar-refractivity contribution in [1.29, 1.82) is 0 Å². The maximum Gasteiger partial charge on any atom is 0.225 e. The second kappa shape index (κ2) is 7.61. The number of aryl methyl sites for hydroxylation is 1. The normalized spacial score (nSPS) is 16.8. The third kappa shape index (κ3) is 4.00. The van der Waals surface area contributed by atoms with Crippen LogP contribution < -0.4 is 5.32 Å². The Morgan fingerprint density at radius 1 is 1.15 bits per heavy atom. The standard InChI is InChI=1S/C21H22N4O2/c26-20(9-12-25-11-4-10-22-25)23-18-13-21(27)24(15-18)14-17-7-3-6-16-5-1-2-8-19(16)17/h1-8,10-11,18H,9,12-15H2,(H,23,26). The molecule has 0 saturated carbocycles. The number of carbonyl (C=O) groups excluding carboxylic acids is 2. The van der Waals surface area contributed by atoms with E-state index in [1.165, 1.54) is 10.8 Å². The van der Waals surface area contributed by atoms with E-state index in [1.807, 2.05) is 35.4 Å². The molecular formula is C21H22N4O2. The molecule has 2 amide bonds. The highest BCUT2D eigenvalue weighted by molar-refractivity contribution is 5.87. The molecule has 1 saturated heterocycles. The van der Waals surface area contributed by atoms with Crippen LogP contribution in [0.1, 0.15) is 18.4 Å². The number of benzene rings is 2. The summed E-state index contributed by atoms with van der Waals surface area (Å²) in [6, 6.07) is 16.1. The van der Waals surface area contributed by atoms with Crippen molar-refractivity contribution >= 4 is 22.6 Å². The van der Waals surface area contributed by atoms with E-state index in [1.54, 1.807) is 10.9 Å². The van der Waals surface area contributed by atoms with Gasteiger partial charge < -0.3 is 10.2 Å². The maximum absolute atomic E-state index is 12.4. The van der Waals surface area contributed by atoms with Crippen molar-refractivity contribution in [3.8, 4) is 0 Å². The van der Waals surface area contributed by atoms with Gasteiger partial charge in [0.1, 0.15) is 0 Å². The number of likely N-dealkylation sites (tertiary alicyclic amines) is 1. The fourth-order valence-corrected chi connectivity index (χ4v) is 3.61. The molecule has 1 unspecified atom stereocenters. The fourth-order valence-electron chi connectivity index (χ4n) is 3.61. The average Bonchev–Trinajstić information content (AvgIpc) is 3.30. The second-order valence-corrected chi connectivity index (χ2v) is 6.90. The summed E-state index contributed by atoms with van der Waals surface area (Å²) in [7, 11) is 0. The van der Waals surface area contributed by atoms with Gasteiger partial charge in [0.25, 0.3) is 0 Å². The van der Waals surface area contributed by atoms with Gasteiger partial charge in [-0.1, -0.05) is 42.5 Å². The number of rotatable bonds is 6. The van der Waals surface area contributed by atoms with Crippen LogP contribution in [0, 0.1) is 0 Å². The average molecular weight is 362 g/mol. The van der Waals surface area contributed by atoms with E-state index in [9.17, 15) is 9.59 Å². The van der Waals surface area contributed by atoms with Gasteiger partial charge >= 0.3 is 0 Å². The first-order chi connectivity index (χ1) is 13.2. The van der Waals surface area contributed by atoms with Crippen LogP contribution in [-0.4, -0.2) is 39.1 Å². The Morgan fingerprint density at radius 3 is 2.85 bits per heavy atom. The molecule has 0 aliphatic carbocycles. The van der Waals surface area contributed by atoms with Crippen molar-refractivity contribution in [2.24, 2.45) is 0 Å². The number of hydrogen-bond donors (Lipinski definition) is 1. The van der Waals surface area contributed by atoms with E-state index < -0.39 is 0 Å². The molecular weight excluding hydrogens is 340 g/mol. The summed E-state index contributed by atoms with van der Waals surface area (Å²) < 4.78 is 1.73. The Morgan fingerprint density at radius 2 is 2.00 bits per heavy atom. The minimum absolute atomic E-state index is 0.0460. The van der Waals surface area contributed by atoms with Gasteiger partial charge in [0.15, 0.2) is 0 Å². The lowest BCUT2D eigenvalue weighted by Crippen LogP contribution is -2.37. The first-order valence-corrected chi connectivity index (χ1v) is 9.20. The molecule has 1 aliphatic rings. The molecule has 0 radical (unpaired) electrons. The smallest absolute Gasteiger partial charge is 0.225 e. The molecule has 2 aromatic carbocycles. The molecule has 1 N–H and O–H groups in total. The van der Waals surface area contributed by atoms with E-state index in [4.69, 9.17) is 0 Å². The monoisotopic (exact) mass is 362 g/mol. The summed E-state index contributed by atoms with van der Waals surface area (Å²) in [4.78, 5) is 26.4. The quantitative estimate of drug-likeness (QED) is 0.732. The zero-order chi connectivity index (χ0) is 18.6. The van der Waals surface area contributed by atoms with Gasteiger partial charge in [0.2, 0.25) is 11.8 Å². The van der Waals surface area contributed by atoms with Crippen molar-refractivity contribution in [2.45, 2.75) is 32.0 Å². The van der Waals surface area contributed by atoms with Gasteiger partial charge in [0.05, 0.1) is 6.04 Å². The summed E-state index contributed by atoms with van der Waals surface area (Å²) in [5.74, 6) is 0.0376. The Bertz CT molecular complexity index is 946. The molecule has 0 spiro atoms. The minimum Gasteiger partial charge on any atom is -0.351 e.